The second-order valence-corrected chi connectivity index (χ2v) is 21.0. The zero-order valence-corrected chi connectivity index (χ0v) is 50.6. The quantitative estimate of drug-likeness (QED) is 0.0195. The van der Waals surface area contributed by atoms with Crippen molar-refractivity contribution in [1.82, 2.24) is 5.32 Å². The molecular formula is C70H113NO10. The Morgan fingerprint density at radius 2 is 0.889 bits per heavy atom. The molecule has 1 heterocycles. The molecule has 8 unspecified atom stereocenters. The van der Waals surface area contributed by atoms with Crippen LogP contribution in [0.2, 0.25) is 0 Å². The van der Waals surface area contributed by atoms with E-state index in [1.54, 1.807) is 6.08 Å². The monoisotopic (exact) mass is 1130 g/mol. The molecule has 0 aromatic rings. The molecule has 11 nitrogen and oxygen atoms in total. The Hall–Kier alpha value is -4.46. The maximum absolute atomic E-state index is 13.4. The molecule has 1 aliphatic heterocycles. The highest BCUT2D eigenvalue weighted by Gasteiger charge is 2.47. The fourth-order valence-electron chi connectivity index (χ4n) is 8.80. The minimum Gasteiger partial charge on any atom is -0.454 e. The molecule has 0 radical (unpaired) electrons. The smallest absolute Gasteiger partial charge is 0.306 e. The molecule has 1 amide bonds. The minimum atomic E-state index is -1.65. The van der Waals surface area contributed by atoms with E-state index in [2.05, 4.69) is 148 Å². The summed E-state index contributed by atoms with van der Waals surface area (Å²) in [5.74, 6) is -1.30. The number of aliphatic hydroxyl groups excluding tert-OH is 5. The third-order valence-electron chi connectivity index (χ3n) is 13.7. The average Bonchev–Trinajstić information content (AvgIpc) is 3.53. The van der Waals surface area contributed by atoms with Gasteiger partial charge in [-0.15, -0.1) is 0 Å². The number of carbonyl (C=O) groups excluding carboxylic acids is 2. The Morgan fingerprint density at radius 1 is 0.494 bits per heavy atom. The Balaban J connectivity index is 2.73. The Kier molecular flexibility index (Phi) is 51.6. The van der Waals surface area contributed by atoms with E-state index in [4.69, 9.17) is 14.2 Å². The first-order chi connectivity index (χ1) is 39.7. The molecule has 0 bridgehead atoms. The molecule has 0 aliphatic carbocycles. The van der Waals surface area contributed by atoms with E-state index in [1.165, 1.54) is 51.4 Å². The second kappa shape index (κ2) is 56.0. The van der Waals surface area contributed by atoms with Crippen LogP contribution in [-0.2, 0) is 23.8 Å². The normalized spacial score (nSPS) is 19.7. The fraction of sp³-hybridized carbons (Fsp3) is 0.629. The summed E-state index contributed by atoms with van der Waals surface area (Å²) < 4.78 is 17.6. The van der Waals surface area contributed by atoms with Gasteiger partial charge in [0.05, 0.1) is 25.4 Å². The molecule has 6 N–H and O–H groups in total. The van der Waals surface area contributed by atoms with Crippen molar-refractivity contribution in [2.75, 3.05) is 13.2 Å². The summed E-state index contributed by atoms with van der Waals surface area (Å²) in [7, 11) is 0. The van der Waals surface area contributed by atoms with Crippen molar-refractivity contribution in [2.45, 2.75) is 269 Å². The summed E-state index contributed by atoms with van der Waals surface area (Å²) in [4.78, 5) is 26.6. The van der Waals surface area contributed by atoms with Crippen molar-refractivity contribution in [3.8, 4) is 0 Å². The number of aliphatic hydroxyl groups is 5. The molecule has 0 saturated carbocycles. The molecule has 81 heavy (non-hydrogen) atoms. The van der Waals surface area contributed by atoms with Crippen molar-refractivity contribution < 1.29 is 49.3 Å². The van der Waals surface area contributed by atoms with E-state index in [9.17, 15) is 35.1 Å². The number of carbonyl (C=O) groups is 2. The van der Waals surface area contributed by atoms with Crippen LogP contribution in [0.4, 0.5) is 0 Å². The number of hydrogen-bond donors (Lipinski definition) is 6. The number of unbranched alkanes of at least 4 members (excludes halogenated alkanes) is 15. The zero-order valence-electron chi connectivity index (χ0n) is 50.6. The van der Waals surface area contributed by atoms with Gasteiger partial charge in [-0.05, 0) is 116 Å². The Morgan fingerprint density at radius 3 is 1.33 bits per heavy atom. The summed E-state index contributed by atoms with van der Waals surface area (Å²) >= 11 is 0. The molecule has 0 aromatic heterocycles. The number of ether oxygens (including phenoxy) is 3. The van der Waals surface area contributed by atoms with Gasteiger partial charge in [0.15, 0.2) is 12.4 Å². The largest absolute Gasteiger partial charge is 0.454 e. The van der Waals surface area contributed by atoms with Gasteiger partial charge >= 0.3 is 5.97 Å². The van der Waals surface area contributed by atoms with Gasteiger partial charge in [0.1, 0.15) is 24.4 Å². The van der Waals surface area contributed by atoms with Gasteiger partial charge in [-0.2, -0.15) is 0 Å². The third-order valence-corrected chi connectivity index (χ3v) is 13.7. The molecule has 8 atom stereocenters. The van der Waals surface area contributed by atoms with Crippen LogP contribution in [0, 0.1) is 0 Å². The van der Waals surface area contributed by atoms with E-state index in [1.807, 2.05) is 18.2 Å². The van der Waals surface area contributed by atoms with E-state index in [-0.39, 0.29) is 19.4 Å². The van der Waals surface area contributed by atoms with Gasteiger partial charge in [0.2, 0.25) is 5.91 Å². The van der Waals surface area contributed by atoms with Crippen LogP contribution in [0.25, 0.3) is 0 Å². The van der Waals surface area contributed by atoms with Crippen molar-refractivity contribution in [3.05, 3.63) is 146 Å². The lowest BCUT2D eigenvalue weighted by molar-refractivity contribution is -0.305. The van der Waals surface area contributed by atoms with Crippen LogP contribution in [0.5, 0.6) is 0 Å². The summed E-state index contributed by atoms with van der Waals surface area (Å²) in [6, 6.07) is -1.07. The molecular weight excluding hydrogens is 1010 g/mol. The summed E-state index contributed by atoms with van der Waals surface area (Å²) in [5, 5.41) is 56.9. The number of nitrogens with one attached hydrogen (secondary N) is 1. The van der Waals surface area contributed by atoms with E-state index in [0.717, 1.165) is 122 Å². The Bertz CT molecular complexity index is 1870. The highest BCUT2D eigenvalue weighted by Crippen LogP contribution is 2.26. The van der Waals surface area contributed by atoms with Gasteiger partial charge in [-0.3, -0.25) is 9.59 Å². The molecule has 11 heteroatoms. The van der Waals surface area contributed by atoms with Crippen LogP contribution in [-0.4, -0.2) is 99.6 Å². The summed E-state index contributed by atoms with van der Waals surface area (Å²) in [6.07, 6.45) is 70.3. The van der Waals surface area contributed by atoms with Gasteiger partial charge in [-0.25, -0.2) is 0 Å². The van der Waals surface area contributed by atoms with Crippen LogP contribution in [0.15, 0.2) is 146 Å². The van der Waals surface area contributed by atoms with E-state index < -0.39 is 67.4 Å². The number of rotatable bonds is 51. The molecule has 0 spiro atoms. The molecule has 458 valence electrons. The van der Waals surface area contributed by atoms with Crippen LogP contribution >= 0.6 is 0 Å². The predicted molar refractivity (Wildman–Crippen MR) is 337 cm³/mol. The van der Waals surface area contributed by atoms with E-state index in [0.29, 0.717) is 12.8 Å². The predicted octanol–water partition coefficient (Wildman–Crippen LogP) is 15.4. The first-order valence-corrected chi connectivity index (χ1v) is 31.6. The number of esters is 1. The maximum Gasteiger partial charge on any atom is 0.306 e. The van der Waals surface area contributed by atoms with Crippen molar-refractivity contribution >= 4 is 11.9 Å². The summed E-state index contributed by atoms with van der Waals surface area (Å²) in [6.45, 7) is 5.50. The summed E-state index contributed by atoms with van der Waals surface area (Å²) in [5.41, 5.74) is 0. The van der Waals surface area contributed by atoms with Crippen molar-refractivity contribution in [1.29, 1.82) is 0 Å². The van der Waals surface area contributed by atoms with Crippen LogP contribution < -0.4 is 5.32 Å². The number of allylic oxidation sites excluding steroid dienone is 23. The van der Waals surface area contributed by atoms with Gasteiger partial charge in [0, 0.05) is 6.42 Å². The SMILES string of the molecule is CC/C=C\C/C=C\C/C=C\C/C=C\C/C=C\C/C=C\CCCCCCC(=O)OC1C(OCC(NC(=O)C(O)CC/C=C\C/C=C\C/C=C\C/C=C\C/C=C\CC)C(O)/C=C/CCCCCCCCCCCCC)OC(CO)C(O)C1O. The van der Waals surface area contributed by atoms with Gasteiger partial charge in [-0.1, -0.05) is 244 Å². The lowest BCUT2D eigenvalue weighted by atomic mass is 9.99. The van der Waals surface area contributed by atoms with Crippen LogP contribution in [0.1, 0.15) is 220 Å². The third kappa shape index (κ3) is 43.8. The zero-order chi connectivity index (χ0) is 58.9. The van der Waals surface area contributed by atoms with Crippen LogP contribution in [0.3, 0.4) is 0 Å². The fourth-order valence-corrected chi connectivity index (χ4v) is 8.80. The number of hydrogen-bond acceptors (Lipinski definition) is 10. The highest BCUT2D eigenvalue weighted by atomic mass is 16.7. The first-order valence-electron chi connectivity index (χ1n) is 31.6. The molecule has 1 aliphatic rings. The second-order valence-electron chi connectivity index (χ2n) is 21.0. The Labute approximate surface area is 492 Å². The van der Waals surface area contributed by atoms with Crippen molar-refractivity contribution in [3.63, 3.8) is 0 Å². The molecule has 1 fully saturated rings. The van der Waals surface area contributed by atoms with Gasteiger partial charge in [0.25, 0.3) is 0 Å². The topological polar surface area (TPSA) is 175 Å². The lowest BCUT2D eigenvalue weighted by Crippen LogP contribution is -2.61. The lowest BCUT2D eigenvalue weighted by Gasteiger charge is -2.41. The minimum absolute atomic E-state index is 0.0776. The maximum atomic E-state index is 13.4. The standard InChI is InChI=1S/C70H113NO10/c1-4-7-10-13-16-19-22-25-27-29-30-31-32-33-34-35-37-40-43-46-49-52-55-58-65(75)81-68-67(77)66(76)64(59-72)80-70(68)79-60-61(62(73)56-53-50-47-44-41-38-24-21-18-15-12-9-6-3)71-69(78)63(74)57-54-51-48-45-42-39-36-28-26-23-20-17-14-11-8-5-2/h7-8,10-11,16-17,19-20,25-28,30-31,33-34,37,39-40,42,48,51,53,56,61-64,66-68,70,72-74,76-77H,4-6,9,12-15,18,21-24,29,32,35-36,38,41,43-47,49-50,52,54-55,57-60H2,1-3H3,(H,71,78)/b10-7-,11-8-,19-16-,20-17-,27-25-,28-26-,31-30-,34-33-,40-37-,42-39-,51-48-,56-53+. The molecule has 1 saturated heterocycles. The van der Waals surface area contributed by atoms with Gasteiger partial charge < -0.3 is 45.1 Å². The number of amides is 1. The molecule has 1 rings (SSSR count). The highest BCUT2D eigenvalue weighted by molar-refractivity contribution is 5.80. The van der Waals surface area contributed by atoms with E-state index >= 15 is 0 Å². The first kappa shape index (κ1) is 74.6. The molecule has 0 aromatic carbocycles. The average molecular weight is 1130 g/mol. The van der Waals surface area contributed by atoms with Crippen molar-refractivity contribution in [2.24, 2.45) is 0 Å².